The molecule has 0 radical (unpaired) electrons. The topological polar surface area (TPSA) is 67.0 Å². The number of aromatic nitrogens is 2. The molecule has 0 aliphatic heterocycles. The number of carbonyl (C=O) groups is 1. The van der Waals surface area contributed by atoms with E-state index in [1.54, 1.807) is 13.2 Å². The predicted octanol–water partition coefficient (Wildman–Crippen LogP) is 2.93. The number of ether oxygens (including phenoxy) is 1. The SMILES string of the molecule is COCc1cccc(C(=O)Nc2cc(C(C)C)[nH]n2)c1. The average molecular weight is 273 g/mol. The average Bonchev–Trinajstić information content (AvgIpc) is 2.88. The maximum absolute atomic E-state index is 12.1. The quantitative estimate of drug-likeness (QED) is 0.880. The fraction of sp³-hybridized carbons (Fsp3) is 0.333. The van der Waals surface area contributed by atoms with E-state index in [0.717, 1.165) is 11.3 Å². The van der Waals surface area contributed by atoms with E-state index in [1.807, 2.05) is 24.3 Å². The van der Waals surface area contributed by atoms with Crippen molar-refractivity contribution in [2.75, 3.05) is 12.4 Å². The first-order chi connectivity index (χ1) is 9.60. The molecule has 0 bridgehead atoms. The zero-order chi connectivity index (χ0) is 14.5. The van der Waals surface area contributed by atoms with Crippen LogP contribution in [0.1, 0.15) is 41.4 Å². The van der Waals surface area contributed by atoms with Gasteiger partial charge in [0, 0.05) is 24.4 Å². The summed E-state index contributed by atoms with van der Waals surface area (Å²) in [5, 5.41) is 9.77. The molecular weight excluding hydrogens is 254 g/mol. The third-order valence-electron chi connectivity index (χ3n) is 2.96. The van der Waals surface area contributed by atoms with Crippen LogP contribution >= 0.6 is 0 Å². The Labute approximate surface area is 118 Å². The molecule has 106 valence electrons. The maximum Gasteiger partial charge on any atom is 0.256 e. The summed E-state index contributed by atoms with van der Waals surface area (Å²) < 4.78 is 5.06. The lowest BCUT2D eigenvalue weighted by molar-refractivity contribution is 0.102. The van der Waals surface area contributed by atoms with Gasteiger partial charge in [0.25, 0.3) is 5.91 Å². The van der Waals surface area contributed by atoms with Crippen molar-refractivity contribution in [1.29, 1.82) is 0 Å². The highest BCUT2D eigenvalue weighted by molar-refractivity contribution is 6.03. The summed E-state index contributed by atoms with van der Waals surface area (Å²) >= 11 is 0. The highest BCUT2D eigenvalue weighted by atomic mass is 16.5. The van der Waals surface area contributed by atoms with Crippen molar-refractivity contribution in [3.8, 4) is 0 Å². The van der Waals surface area contributed by atoms with Crippen molar-refractivity contribution in [3.63, 3.8) is 0 Å². The van der Waals surface area contributed by atoms with Crippen LogP contribution in [-0.4, -0.2) is 23.2 Å². The summed E-state index contributed by atoms with van der Waals surface area (Å²) in [7, 11) is 1.63. The van der Waals surface area contributed by atoms with Crippen molar-refractivity contribution in [1.82, 2.24) is 10.2 Å². The van der Waals surface area contributed by atoms with Crippen LogP contribution in [0.2, 0.25) is 0 Å². The number of anilines is 1. The van der Waals surface area contributed by atoms with Gasteiger partial charge in [-0.15, -0.1) is 0 Å². The zero-order valence-electron chi connectivity index (χ0n) is 11.9. The van der Waals surface area contributed by atoms with Crippen LogP contribution in [0, 0.1) is 0 Å². The van der Waals surface area contributed by atoms with E-state index < -0.39 is 0 Å². The number of carbonyl (C=O) groups excluding carboxylic acids is 1. The summed E-state index contributed by atoms with van der Waals surface area (Å²) in [5.41, 5.74) is 2.55. The van der Waals surface area contributed by atoms with Gasteiger partial charge in [0.1, 0.15) is 0 Å². The van der Waals surface area contributed by atoms with Crippen LogP contribution < -0.4 is 5.32 Å². The Bertz CT molecular complexity index is 590. The summed E-state index contributed by atoms with van der Waals surface area (Å²) in [6.45, 7) is 4.61. The summed E-state index contributed by atoms with van der Waals surface area (Å²) in [6.07, 6.45) is 0. The van der Waals surface area contributed by atoms with Crippen molar-refractivity contribution in [3.05, 3.63) is 47.2 Å². The second-order valence-corrected chi connectivity index (χ2v) is 4.95. The normalized spacial score (nSPS) is 10.8. The maximum atomic E-state index is 12.1. The number of methoxy groups -OCH3 is 1. The number of benzene rings is 1. The largest absolute Gasteiger partial charge is 0.380 e. The van der Waals surface area contributed by atoms with Gasteiger partial charge in [0.2, 0.25) is 0 Å². The molecule has 2 rings (SSSR count). The molecule has 0 atom stereocenters. The molecule has 0 spiro atoms. The van der Waals surface area contributed by atoms with Crippen LogP contribution in [0.15, 0.2) is 30.3 Å². The smallest absolute Gasteiger partial charge is 0.256 e. The monoisotopic (exact) mass is 273 g/mol. The van der Waals surface area contributed by atoms with Gasteiger partial charge in [-0.2, -0.15) is 5.10 Å². The standard InChI is InChI=1S/C15H19N3O2/c1-10(2)13-8-14(18-17-13)16-15(19)12-6-4-5-11(7-12)9-20-3/h4-8,10H,9H2,1-3H3,(H2,16,17,18,19). The second kappa shape index (κ2) is 6.34. The van der Waals surface area contributed by atoms with Gasteiger partial charge in [-0.05, 0) is 23.6 Å². The Morgan fingerprint density at radius 3 is 2.85 bits per heavy atom. The second-order valence-electron chi connectivity index (χ2n) is 4.95. The summed E-state index contributed by atoms with van der Waals surface area (Å²) in [4.78, 5) is 12.1. The summed E-state index contributed by atoms with van der Waals surface area (Å²) in [5.74, 6) is 0.707. The van der Waals surface area contributed by atoms with Crippen LogP contribution in [0.3, 0.4) is 0 Å². The van der Waals surface area contributed by atoms with Gasteiger partial charge in [-0.3, -0.25) is 9.89 Å². The number of amides is 1. The van der Waals surface area contributed by atoms with Gasteiger partial charge in [0.15, 0.2) is 5.82 Å². The minimum absolute atomic E-state index is 0.176. The molecule has 5 heteroatoms. The first-order valence-corrected chi connectivity index (χ1v) is 6.54. The lowest BCUT2D eigenvalue weighted by atomic mass is 10.1. The molecule has 1 aromatic heterocycles. The number of rotatable bonds is 5. The predicted molar refractivity (Wildman–Crippen MR) is 77.8 cm³/mol. The van der Waals surface area contributed by atoms with E-state index in [2.05, 4.69) is 29.4 Å². The third kappa shape index (κ3) is 3.45. The first-order valence-electron chi connectivity index (χ1n) is 6.54. The molecular formula is C15H19N3O2. The van der Waals surface area contributed by atoms with Crippen LogP contribution in [0.25, 0.3) is 0 Å². The fourth-order valence-electron chi connectivity index (χ4n) is 1.85. The molecule has 0 saturated heterocycles. The lowest BCUT2D eigenvalue weighted by Crippen LogP contribution is -2.12. The van der Waals surface area contributed by atoms with Gasteiger partial charge >= 0.3 is 0 Å². The van der Waals surface area contributed by atoms with E-state index in [0.29, 0.717) is 23.9 Å². The highest BCUT2D eigenvalue weighted by Crippen LogP contribution is 2.16. The molecule has 1 aromatic carbocycles. The number of hydrogen-bond donors (Lipinski definition) is 2. The van der Waals surface area contributed by atoms with Crippen molar-refractivity contribution in [2.45, 2.75) is 26.4 Å². The van der Waals surface area contributed by atoms with E-state index >= 15 is 0 Å². The molecule has 0 unspecified atom stereocenters. The van der Waals surface area contributed by atoms with E-state index in [-0.39, 0.29) is 5.91 Å². The lowest BCUT2D eigenvalue weighted by Gasteiger charge is -2.04. The summed E-state index contributed by atoms with van der Waals surface area (Å²) in [6, 6.07) is 9.19. The Kier molecular flexibility index (Phi) is 4.53. The minimum atomic E-state index is -0.176. The number of hydrogen-bond acceptors (Lipinski definition) is 3. The van der Waals surface area contributed by atoms with E-state index in [9.17, 15) is 4.79 Å². The molecule has 0 saturated carbocycles. The third-order valence-corrected chi connectivity index (χ3v) is 2.96. The Morgan fingerprint density at radius 1 is 1.40 bits per heavy atom. The van der Waals surface area contributed by atoms with Crippen LogP contribution in [0.5, 0.6) is 0 Å². The van der Waals surface area contributed by atoms with Crippen LogP contribution in [-0.2, 0) is 11.3 Å². The van der Waals surface area contributed by atoms with Crippen molar-refractivity contribution >= 4 is 11.7 Å². The highest BCUT2D eigenvalue weighted by Gasteiger charge is 2.10. The van der Waals surface area contributed by atoms with Gasteiger partial charge in [-0.1, -0.05) is 26.0 Å². The molecule has 0 aliphatic carbocycles. The van der Waals surface area contributed by atoms with Crippen LogP contribution in [0.4, 0.5) is 5.82 Å². The molecule has 5 nitrogen and oxygen atoms in total. The molecule has 0 aliphatic rings. The zero-order valence-corrected chi connectivity index (χ0v) is 11.9. The van der Waals surface area contributed by atoms with Gasteiger partial charge < -0.3 is 10.1 Å². The molecule has 0 fully saturated rings. The molecule has 2 aromatic rings. The Hall–Kier alpha value is -2.14. The van der Waals surface area contributed by atoms with E-state index in [1.165, 1.54) is 0 Å². The van der Waals surface area contributed by atoms with Gasteiger partial charge in [0.05, 0.1) is 6.61 Å². The molecule has 20 heavy (non-hydrogen) atoms. The fourth-order valence-corrected chi connectivity index (χ4v) is 1.85. The molecule has 2 N–H and O–H groups in total. The Morgan fingerprint density at radius 2 is 2.20 bits per heavy atom. The number of nitrogens with zero attached hydrogens (tertiary/aromatic N) is 1. The van der Waals surface area contributed by atoms with Gasteiger partial charge in [-0.25, -0.2) is 0 Å². The van der Waals surface area contributed by atoms with E-state index in [4.69, 9.17) is 4.74 Å². The molecule has 1 heterocycles. The number of aromatic amines is 1. The van der Waals surface area contributed by atoms with Crippen molar-refractivity contribution < 1.29 is 9.53 Å². The number of nitrogens with one attached hydrogen (secondary N) is 2. The Balaban J connectivity index is 2.09. The number of H-pyrrole nitrogens is 1. The van der Waals surface area contributed by atoms with Crippen molar-refractivity contribution in [2.24, 2.45) is 0 Å². The first kappa shape index (κ1) is 14.3. The minimum Gasteiger partial charge on any atom is -0.380 e. The molecule has 1 amide bonds.